The third kappa shape index (κ3) is 4.95. The van der Waals surface area contributed by atoms with Gasteiger partial charge in [0.25, 0.3) is 0 Å². The van der Waals surface area contributed by atoms with Crippen LogP contribution in [0.3, 0.4) is 0 Å². The first-order valence-corrected chi connectivity index (χ1v) is 7.42. The van der Waals surface area contributed by atoms with Crippen LogP contribution in [0, 0.1) is 13.8 Å². The lowest BCUT2D eigenvalue weighted by atomic mass is 10.1. The first kappa shape index (κ1) is 17.2. The summed E-state index contributed by atoms with van der Waals surface area (Å²) in [6, 6.07) is 12.2. The molecule has 0 spiro atoms. The Balaban J connectivity index is 1.85. The second-order valence-corrected chi connectivity index (χ2v) is 5.40. The van der Waals surface area contributed by atoms with Crippen molar-refractivity contribution in [3.8, 4) is 5.75 Å². The highest BCUT2D eigenvalue weighted by atomic mass is 16.3. The summed E-state index contributed by atoms with van der Waals surface area (Å²) >= 11 is 0. The number of para-hydroxylation sites is 1. The molecule has 24 heavy (non-hydrogen) atoms. The van der Waals surface area contributed by atoms with Gasteiger partial charge in [0.05, 0.1) is 6.21 Å². The molecule has 0 saturated carbocycles. The van der Waals surface area contributed by atoms with Gasteiger partial charge in [-0.15, -0.1) is 0 Å². The highest BCUT2D eigenvalue weighted by molar-refractivity contribution is 6.04. The Morgan fingerprint density at radius 3 is 2.58 bits per heavy atom. The molecule has 0 aliphatic carbocycles. The second kappa shape index (κ2) is 7.92. The van der Waals surface area contributed by atoms with Crippen molar-refractivity contribution in [3.05, 3.63) is 59.2 Å². The molecule has 0 atom stereocenters. The van der Waals surface area contributed by atoms with Gasteiger partial charge in [-0.05, 0) is 37.6 Å². The van der Waals surface area contributed by atoms with Crippen LogP contribution in [-0.2, 0) is 9.59 Å². The minimum atomic E-state index is -0.538. The summed E-state index contributed by atoms with van der Waals surface area (Å²) in [5, 5.41) is 16.0. The van der Waals surface area contributed by atoms with Gasteiger partial charge in [0.1, 0.15) is 12.2 Å². The van der Waals surface area contributed by atoms with E-state index < -0.39 is 11.8 Å². The topological polar surface area (TPSA) is 90.8 Å². The number of hydrogen-bond donors (Lipinski definition) is 3. The van der Waals surface area contributed by atoms with E-state index in [-0.39, 0.29) is 12.2 Å². The maximum absolute atomic E-state index is 11.9. The molecule has 0 aliphatic heterocycles. The average molecular weight is 325 g/mol. The standard InChI is InChI=1S/C18H19N3O3/c1-12-7-8-15(13(2)9-12)20-17(23)10-18(24)21-19-11-14-5-3-4-6-16(14)22/h3-9,11,22H,10H2,1-2H3,(H,20,23)(H,21,24). The lowest BCUT2D eigenvalue weighted by Gasteiger charge is -2.08. The molecule has 0 aliphatic rings. The van der Waals surface area contributed by atoms with Crippen LogP contribution in [-0.4, -0.2) is 23.1 Å². The second-order valence-electron chi connectivity index (χ2n) is 5.40. The number of anilines is 1. The summed E-state index contributed by atoms with van der Waals surface area (Å²) in [5.74, 6) is -0.899. The van der Waals surface area contributed by atoms with Gasteiger partial charge in [-0.25, -0.2) is 5.43 Å². The fourth-order valence-electron chi connectivity index (χ4n) is 2.10. The van der Waals surface area contributed by atoms with Crippen molar-refractivity contribution in [2.24, 2.45) is 5.10 Å². The monoisotopic (exact) mass is 325 g/mol. The fourth-order valence-corrected chi connectivity index (χ4v) is 2.10. The number of amides is 2. The number of hydrogen-bond acceptors (Lipinski definition) is 4. The van der Waals surface area contributed by atoms with Crippen LogP contribution in [0.15, 0.2) is 47.6 Å². The number of hydrazone groups is 1. The Kier molecular flexibility index (Phi) is 5.68. The van der Waals surface area contributed by atoms with Gasteiger partial charge in [0, 0.05) is 11.3 Å². The Bertz CT molecular complexity index is 785. The zero-order valence-corrected chi connectivity index (χ0v) is 13.5. The molecule has 0 aromatic heterocycles. The van der Waals surface area contributed by atoms with Gasteiger partial charge in [-0.3, -0.25) is 9.59 Å². The van der Waals surface area contributed by atoms with Crippen molar-refractivity contribution in [2.75, 3.05) is 5.32 Å². The molecular weight excluding hydrogens is 306 g/mol. The van der Waals surface area contributed by atoms with Crippen LogP contribution in [0.4, 0.5) is 5.69 Å². The third-order valence-corrected chi connectivity index (χ3v) is 3.31. The Morgan fingerprint density at radius 2 is 1.88 bits per heavy atom. The molecule has 0 fully saturated rings. The van der Waals surface area contributed by atoms with Crippen molar-refractivity contribution >= 4 is 23.7 Å². The van der Waals surface area contributed by atoms with Crippen LogP contribution in [0.2, 0.25) is 0 Å². The molecule has 6 nitrogen and oxygen atoms in total. The molecule has 3 N–H and O–H groups in total. The number of rotatable bonds is 5. The van der Waals surface area contributed by atoms with Crippen molar-refractivity contribution in [2.45, 2.75) is 20.3 Å². The number of carbonyl (C=O) groups is 2. The average Bonchev–Trinajstić information content (AvgIpc) is 2.52. The van der Waals surface area contributed by atoms with E-state index in [1.807, 2.05) is 26.0 Å². The van der Waals surface area contributed by atoms with E-state index in [4.69, 9.17) is 0 Å². The SMILES string of the molecule is Cc1ccc(NC(=O)CC(=O)NN=Cc2ccccc2O)c(C)c1. The van der Waals surface area contributed by atoms with Crippen LogP contribution in [0.1, 0.15) is 23.1 Å². The summed E-state index contributed by atoms with van der Waals surface area (Å²) in [6.07, 6.45) is 0.973. The fraction of sp³-hybridized carbons (Fsp3) is 0.167. The maximum atomic E-state index is 11.9. The number of nitrogens with one attached hydrogen (secondary N) is 2. The molecule has 2 rings (SSSR count). The van der Waals surface area contributed by atoms with Gasteiger partial charge in [-0.1, -0.05) is 29.8 Å². The van der Waals surface area contributed by atoms with Gasteiger partial charge < -0.3 is 10.4 Å². The lowest BCUT2D eigenvalue weighted by molar-refractivity contribution is -0.126. The smallest absolute Gasteiger partial charge is 0.249 e. The maximum Gasteiger partial charge on any atom is 0.249 e. The molecule has 2 aromatic rings. The number of nitrogens with zero attached hydrogens (tertiary/aromatic N) is 1. The number of aryl methyl sites for hydroxylation is 2. The van der Waals surface area contributed by atoms with E-state index in [1.165, 1.54) is 12.3 Å². The number of benzene rings is 2. The van der Waals surface area contributed by atoms with Gasteiger partial charge in [0.15, 0.2) is 0 Å². The summed E-state index contributed by atoms with van der Waals surface area (Å²) < 4.78 is 0. The third-order valence-electron chi connectivity index (χ3n) is 3.31. The normalized spacial score (nSPS) is 10.6. The Labute approximate surface area is 140 Å². The first-order chi connectivity index (χ1) is 11.5. The lowest BCUT2D eigenvalue weighted by Crippen LogP contribution is -2.24. The minimum absolute atomic E-state index is 0.0584. The largest absolute Gasteiger partial charge is 0.507 e. The Hall–Kier alpha value is -3.15. The van der Waals surface area contributed by atoms with Crippen molar-refractivity contribution in [1.82, 2.24) is 5.43 Å². The quantitative estimate of drug-likeness (QED) is 0.448. The van der Waals surface area contributed by atoms with E-state index >= 15 is 0 Å². The van der Waals surface area contributed by atoms with Gasteiger partial charge in [-0.2, -0.15) is 5.10 Å². The number of phenolic OH excluding ortho intramolecular Hbond substituents is 1. The molecule has 0 unspecified atom stereocenters. The highest BCUT2D eigenvalue weighted by Crippen LogP contribution is 2.16. The van der Waals surface area contributed by atoms with E-state index in [0.717, 1.165) is 11.1 Å². The molecule has 0 saturated heterocycles. The molecular formula is C18H19N3O3. The van der Waals surface area contributed by atoms with Crippen molar-refractivity contribution in [3.63, 3.8) is 0 Å². The highest BCUT2D eigenvalue weighted by Gasteiger charge is 2.10. The number of phenols is 1. The van der Waals surface area contributed by atoms with Crippen LogP contribution < -0.4 is 10.7 Å². The molecule has 0 bridgehead atoms. The number of aromatic hydroxyl groups is 1. The molecule has 124 valence electrons. The molecule has 2 aromatic carbocycles. The summed E-state index contributed by atoms with van der Waals surface area (Å²) in [7, 11) is 0. The van der Waals surface area contributed by atoms with E-state index in [2.05, 4.69) is 15.8 Å². The summed E-state index contributed by atoms with van der Waals surface area (Å²) in [4.78, 5) is 23.6. The van der Waals surface area contributed by atoms with E-state index in [9.17, 15) is 14.7 Å². The van der Waals surface area contributed by atoms with Gasteiger partial charge in [0.2, 0.25) is 11.8 Å². The van der Waals surface area contributed by atoms with Crippen LogP contribution in [0.5, 0.6) is 5.75 Å². The molecule has 2 amide bonds. The molecule has 6 heteroatoms. The first-order valence-electron chi connectivity index (χ1n) is 7.42. The van der Waals surface area contributed by atoms with Crippen molar-refractivity contribution in [1.29, 1.82) is 0 Å². The van der Waals surface area contributed by atoms with Crippen molar-refractivity contribution < 1.29 is 14.7 Å². The van der Waals surface area contributed by atoms with Gasteiger partial charge >= 0.3 is 0 Å². The summed E-state index contributed by atoms with van der Waals surface area (Å²) in [6.45, 7) is 3.86. The molecule has 0 heterocycles. The Morgan fingerprint density at radius 1 is 1.12 bits per heavy atom. The summed E-state index contributed by atoms with van der Waals surface area (Å²) in [5.41, 5.74) is 5.43. The zero-order chi connectivity index (χ0) is 17.5. The van der Waals surface area contributed by atoms with Crippen LogP contribution >= 0.6 is 0 Å². The van der Waals surface area contributed by atoms with Crippen LogP contribution in [0.25, 0.3) is 0 Å². The van der Waals surface area contributed by atoms with E-state index in [1.54, 1.807) is 24.3 Å². The van der Waals surface area contributed by atoms with E-state index in [0.29, 0.717) is 11.3 Å². The number of carbonyl (C=O) groups excluding carboxylic acids is 2. The molecule has 0 radical (unpaired) electrons. The predicted octanol–water partition coefficient (Wildman–Crippen LogP) is 2.49. The predicted molar refractivity (Wildman–Crippen MR) is 93.0 cm³/mol. The zero-order valence-electron chi connectivity index (χ0n) is 13.5. The minimum Gasteiger partial charge on any atom is -0.507 e.